The fourth-order valence-corrected chi connectivity index (χ4v) is 2.82. The van der Waals surface area contributed by atoms with Gasteiger partial charge in [-0.2, -0.15) is 0 Å². The lowest BCUT2D eigenvalue weighted by molar-refractivity contribution is 0.104. The molecule has 2 heterocycles. The van der Waals surface area contributed by atoms with Crippen LogP contribution in [0.3, 0.4) is 0 Å². The molecule has 102 valence electrons. The van der Waals surface area contributed by atoms with E-state index in [4.69, 9.17) is 9.47 Å². The minimum Gasteiger partial charge on any atom is -0.486 e. The van der Waals surface area contributed by atoms with E-state index in [0.717, 1.165) is 4.88 Å². The molecule has 0 saturated heterocycles. The zero-order chi connectivity index (χ0) is 13.9. The Bertz CT molecular complexity index is 670. The van der Waals surface area contributed by atoms with Crippen LogP contribution in [0.5, 0.6) is 11.5 Å². The van der Waals surface area contributed by atoms with Gasteiger partial charge in [0, 0.05) is 10.4 Å². The molecule has 4 heteroatoms. The topological polar surface area (TPSA) is 35.5 Å². The first-order valence-electron chi connectivity index (χ1n) is 6.40. The highest BCUT2D eigenvalue weighted by molar-refractivity contribution is 7.11. The maximum atomic E-state index is 12.2. The maximum absolute atomic E-state index is 12.2. The van der Waals surface area contributed by atoms with Gasteiger partial charge in [-0.05, 0) is 54.3 Å². The molecule has 0 aliphatic carbocycles. The first-order valence-corrected chi connectivity index (χ1v) is 7.28. The molecule has 2 aromatic rings. The number of hydrogen-bond acceptors (Lipinski definition) is 4. The van der Waals surface area contributed by atoms with Gasteiger partial charge in [0.25, 0.3) is 0 Å². The van der Waals surface area contributed by atoms with E-state index in [9.17, 15) is 4.79 Å². The molecule has 1 aromatic heterocycles. The molecule has 1 aliphatic heterocycles. The largest absolute Gasteiger partial charge is 0.486 e. The third-order valence-electron chi connectivity index (χ3n) is 3.11. The van der Waals surface area contributed by atoms with Gasteiger partial charge >= 0.3 is 0 Å². The summed E-state index contributed by atoms with van der Waals surface area (Å²) in [4.78, 5) is 13.3. The molecule has 0 fully saturated rings. The van der Waals surface area contributed by atoms with Crippen LogP contribution >= 0.6 is 11.3 Å². The van der Waals surface area contributed by atoms with Crippen LogP contribution in [-0.2, 0) is 0 Å². The number of benzene rings is 1. The van der Waals surface area contributed by atoms with E-state index in [0.29, 0.717) is 30.3 Å². The third kappa shape index (κ3) is 2.60. The van der Waals surface area contributed by atoms with E-state index in [-0.39, 0.29) is 5.78 Å². The molecular formula is C16H14O3S. The standard InChI is InChI=1S/C16H14O3S/c1-11-6-9-20-16(11)5-3-13(17)12-2-4-14-15(10-12)19-8-7-18-14/h2-6,9-10H,7-8H2,1H3/b5-3+. The normalized spacial score (nSPS) is 13.7. The molecule has 0 bridgehead atoms. The van der Waals surface area contributed by atoms with E-state index in [1.807, 2.05) is 24.4 Å². The van der Waals surface area contributed by atoms with Crippen molar-refractivity contribution in [1.29, 1.82) is 0 Å². The second-order valence-electron chi connectivity index (χ2n) is 4.52. The molecule has 20 heavy (non-hydrogen) atoms. The van der Waals surface area contributed by atoms with Gasteiger partial charge in [-0.1, -0.05) is 0 Å². The van der Waals surface area contributed by atoms with Crippen LogP contribution in [0, 0.1) is 6.92 Å². The summed E-state index contributed by atoms with van der Waals surface area (Å²) in [6.45, 7) is 3.11. The van der Waals surface area contributed by atoms with Gasteiger partial charge in [0.2, 0.25) is 0 Å². The lowest BCUT2D eigenvalue weighted by Gasteiger charge is -2.18. The van der Waals surface area contributed by atoms with Gasteiger partial charge in [-0.3, -0.25) is 4.79 Å². The number of hydrogen-bond donors (Lipinski definition) is 0. The summed E-state index contributed by atoms with van der Waals surface area (Å²) in [5.41, 5.74) is 1.79. The molecule has 0 saturated carbocycles. The van der Waals surface area contributed by atoms with Gasteiger partial charge in [-0.25, -0.2) is 0 Å². The lowest BCUT2D eigenvalue weighted by Crippen LogP contribution is -2.15. The van der Waals surface area contributed by atoms with E-state index >= 15 is 0 Å². The van der Waals surface area contributed by atoms with Crippen LogP contribution in [0.1, 0.15) is 20.8 Å². The molecule has 1 aromatic carbocycles. The Labute approximate surface area is 121 Å². The highest BCUT2D eigenvalue weighted by atomic mass is 32.1. The fraction of sp³-hybridized carbons (Fsp3) is 0.188. The van der Waals surface area contributed by atoms with Gasteiger partial charge in [0.15, 0.2) is 17.3 Å². The van der Waals surface area contributed by atoms with Crippen molar-refractivity contribution in [3.8, 4) is 11.5 Å². The number of allylic oxidation sites excluding steroid dienone is 1. The number of carbonyl (C=O) groups is 1. The minimum atomic E-state index is -0.0326. The van der Waals surface area contributed by atoms with E-state index in [1.54, 1.807) is 35.6 Å². The lowest BCUT2D eigenvalue weighted by atomic mass is 10.1. The Morgan fingerprint density at radius 2 is 2.00 bits per heavy atom. The third-order valence-corrected chi connectivity index (χ3v) is 4.10. The SMILES string of the molecule is Cc1ccsc1/C=C/C(=O)c1ccc2c(c1)OCCO2. The second-order valence-corrected chi connectivity index (χ2v) is 5.47. The number of rotatable bonds is 3. The molecule has 3 nitrogen and oxygen atoms in total. The first kappa shape index (κ1) is 12.9. The van der Waals surface area contributed by atoms with Gasteiger partial charge in [-0.15, -0.1) is 11.3 Å². The van der Waals surface area contributed by atoms with Crippen molar-refractivity contribution in [2.24, 2.45) is 0 Å². The number of thiophene rings is 1. The highest BCUT2D eigenvalue weighted by Crippen LogP contribution is 2.31. The number of carbonyl (C=O) groups excluding carboxylic acids is 1. The van der Waals surface area contributed by atoms with Crippen LogP contribution in [0.25, 0.3) is 6.08 Å². The summed E-state index contributed by atoms with van der Waals surface area (Å²) in [6, 6.07) is 7.33. The van der Waals surface area contributed by atoms with Crippen LogP contribution in [-0.4, -0.2) is 19.0 Å². The molecule has 0 spiro atoms. The average Bonchev–Trinajstić information content (AvgIpc) is 2.89. The van der Waals surface area contributed by atoms with Gasteiger partial charge in [0.1, 0.15) is 13.2 Å². The summed E-state index contributed by atoms with van der Waals surface area (Å²) in [7, 11) is 0. The Balaban J connectivity index is 1.80. The van der Waals surface area contributed by atoms with Crippen LogP contribution in [0.4, 0.5) is 0 Å². The molecule has 0 N–H and O–H groups in total. The predicted octanol–water partition coefficient (Wildman–Crippen LogP) is 3.72. The van der Waals surface area contributed by atoms with E-state index in [1.165, 1.54) is 5.56 Å². The summed E-state index contributed by atoms with van der Waals surface area (Å²) in [5.74, 6) is 1.31. The number of ether oxygens (including phenoxy) is 2. The number of fused-ring (bicyclic) bond motifs is 1. The molecule has 0 radical (unpaired) electrons. The Morgan fingerprint density at radius 3 is 2.75 bits per heavy atom. The molecule has 0 atom stereocenters. The molecule has 1 aliphatic rings. The van der Waals surface area contributed by atoms with Crippen LogP contribution in [0.15, 0.2) is 35.7 Å². The van der Waals surface area contributed by atoms with Crippen molar-refractivity contribution in [2.45, 2.75) is 6.92 Å². The van der Waals surface area contributed by atoms with E-state index < -0.39 is 0 Å². The number of ketones is 1. The van der Waals surface area contributed by atoms with Crippen molar-refractivity contribution in [2.75, 3.05) is 13.2 Å². The summed E-state index contributed by atoms with van der Waals surface area (Å²) < 4.78 is 10.9. The Kier molecular flexibility index (Phi) is 3.56. The smallest absolute Gasteiger partial charge is 0.186 e. The first-order chi connectivity index (χ1) is 9.74. The summed E-state index contributed by atoms with van der Waals surface area (Å²) >= 11 is 1.63. The summed E-state index contributed by atoms with van der Waals surface area (Å²) in [6.07, 6.45) is 3.46. The van der Waals surface area contributed by atoms with Crippen LogP contribution in [0.2, 0.25) is 0 Å². The fourth-order valence-electron chi connectivity index (χ4n) is 2.00. The van der Waals surface area contributed by atoms with Crippen molar-refractivity contribution in [3.05, 3.63) is 51.7 Å². The van der Waals surface area contributed by atoms with Gasteiger partial charge < -0.3 is 9.47 Å². The van der Waals surface area contributed by atoms with Crippen molar-refractivity contribution in [1.82, 2.24) is 0 Å². The minimum absolute atomic E-state index is 0.0326. The molecular weight excluding hydrogens is 272 g/mol. The average molecular weight is 286 g/mol. The highest BCUT2D eigenvalue weighted by Gasteiger charge is 2.13. The quantitative estimate of drug-likeness (QED) is 0.637. The zero-order valence-corrected chi connectivity index (χ0v) is 11.9. The van der Waals surface area contributed by atoms with E-state index in [2.05, 4.69) is 0 Å². The molecule has 3 rings (SSSR count). The van der Waals surface area contributed by atoms with Crippen molar-refractivity contribution < 1.29 is 14.3 Å². The monoisotopic (exact) mass is 286 g/mol. The van der Waals surface area contributed by atoms with Crippen molar-refractivity contribution in [3.63, 3.8) is 0 Å². The van der Waals surface area contributed by atoms with Crippen LogP contribution < -0.4 is 9.47 Å². The van der Waals surface area contributed by atoms with Crippen molar-refractivity contribution >= 4 is 23.2 Å². The number of aryl methyl sites for hydroxylation is 1. The predicted molar refractivity (Wildman–Crippen MR) is 79.9 cm³/mol. The molecule has 0 unspecified atom stereocenters. The second kappa shape index (κ2) is 5.51. The summed E-state index contributed by atoms with van der Waals surface area (Å²) in [5, 5.41) is 2.02. The van der Waals surface area contributed by atoms with Gasteiger partial charge in [0.05, 0.1) is 0 Å². The molecule has 0 amide bonds. The zero-order valence-electron chi connectivity index (χ0n) is 11.1. The maximum Gasteiger partial charge on any atom is 0.186 e. The Morgan fingerprint density at radius 1 is 1.20 bits per heavy atom. The Hall–Kier alpha value is -2.07.